The van der Waals surface area contributed by atoms with Crippen LogP contribution >= 0.6 is 0 Å². The molecule has 1 aliphatic heterocycles. The van der Waals surface area contributed by atoms with Crippen molar-refractivity contribution in [3.8, 4) is 0 Å². The molecule has 0 fully saturated rings. The molecule has 0 bridgehead atoms. The van der Waals surface area contributed by atoms with Gasteiger partial charge in [-0.2, -0.15) is 0 Å². The number of nitrogens with one attached hydrogen (secondary N) is 2. The van der Waals surface area contributed by atoms with Crippen molar-refractivity contribution >= 4 is 10.0 Å². The summed E-state index contributed by atoms with van der Waals surface area (Å²) in [7, 11) is -3.50. The summed E-state index contributed by atoms with van der Waals surface area (Å²) in [4.78, 5) is 4.01. The topological polar surface area (TPSA) is 71.1 Å². The van der Waals surface area contributed by atoms with Crippen molar-refractivity contribution in [2.45, 2.75) is 24.5 Å². The predicted molar refractivity (Wildman–Crippen MR) is 75.2 cm³/mol. The summed E-state index contributed by atoms with van der Waals surface area (Å²) < 4.78 is 26.7. The third kappa shape index (κ3) is 2.72. The molecule has 2 aromatic rings. The lowest BCUT2D eigenvalue weighted by molar-refractivity contribution is 0.581. The molecule has 0 unspecified atom stereocenters. The molecule has 0 amide bonds. The molecule has 104 valence electrons. The Bertz CT molecular complexity index is 714. The van der Waals surface area contributed by atoms with Gasteiger partial charge in [0.1, 0.15) is 4.90 Å². The molecule has 0 atom stereocenters. The molecule has 0 aliphatic carbocycles. The molecular weight excluding hydrogens is 274 g/mol. The zero-order valence-corrected chi connectivity index (χ0v) is 11.7. The third-order valence-corrected chi connectivity index (χ3v) is 4.70. The zero-order valence-electron chi connectivity index (χ0n) is 10.8. The van der Waals surface area contributed by atoms with Gasteiger partial charge in [-0.25, -0.2) is 13.1 Å². The molecule has 0 saturated carbocycles. The molecule has 3 rings (SSSR count). The van der Waals surface area contributed by atoms with Crippen LogP contribution in [-0.2, 0) is 29.7 Å². The average molecular weight is 289 g/mol. The van der Waals surface area contributed by atoms with Crippen LogP contribution in [0, 0.1) is 0 Å². The lowest BCUT2D eigenvalue weighted by atomic mass is 10.1. The van der Waals surface area contributed by atoms with Crippen LogP contribution in [0.25, 0.3) is 0 Å². The summed E-state index contributed by atoms with van der Waals surface area (Å²) in [6.45, 7) is 2.01. The first-order valence-corrected chi connectivity index (χ1v) is 7.84. The highest BCUT2D eigenvalue weighted by molar-refractivity contribution is 7.89. The maximum atomic E-state index is 12.1. The standard InChI is InChI=1S/C14H15N3O2S/c18-20(19,14-2-1-5-15-10-14)17-7-11-3-4-12-8-16-9-13(12)6-11/h1-6,10,16-17H,7-9H2. The van der Waals surface area contributed by atoms with E-state index in [1.165, 1.54) is 23.4 Å². The van der Waals surface area contributed by atoms with E-state index in [1.807, 2.05) is 18.2 Å². The molecule has 0 spiro atoms. The van der Waals surface area contributed by atoms with Gasteiger partial charge in [-0.3, -0.25) is 4.98 Å². The monoisotopic (exact) mass is 289 g/mol. The van der Waals surface area contributed by atoms with Crippen LogP contribution in [0.2, 0.25) is 0 Å². The average Bonchev–Trinajstić information content (AvgIpc) is 2.94. The molecular formula is C14H15N3O2S. The molecule has 2 N–H and O–H groups in total. The largest absolute Gasteiger partial charge is 0.309 e. The van der Waals surface area contributed by atoms with E-state index < -0.39 is 10.0 Å². The van der Waals surface area contributed by atoms with Gasteiger partial charge in [-0.05, 0) is 28.8 Å². The quantitative estimate of drug-likeness (QED) is 0.886. The van der Waals surface area contributed by atoms with Crippen molar-refractivity contribution in [1.82, 2.24) is 15.0 Å². The molecule has 0 radical (unpaired) electrons. The second-order valence-electron chi connectivity index (χ2n) is 4.72. The van der Waals surface area contributed by atoms with E-state index in [9.17, 15) is 8.42 Å². The first kappa shape index (κ1) is 13.2. The summed E-state index contributed by atoms with van der Waals surface area (Å²) in [6, 6.07) is 9.18. The summed E-state index contributed by atoms with van der Waals surface area (Å²) in [5.41, 5.74) is 3.48. The van der Waals surface area contributed by atoms with Gasteiger partial charge in [0.05, 0.1) is 0 Å². The van der Waals surface area contributed by atoms with Gasteiger partial charge in [0.15, 0.2) is 0 Å². The molecule has 5 nitrogen and oxygen atoms in total. The van der Waals surface area contributed by atoms with E-state index in [0.717, 1.165) is 18.7 Å². The van der Waals surface area contributed by atoms with Crippen LogP contribution in [0.5, 0.6) is 0 Å². The number of hydrogen-bond donors (Lipinski definition) is 2. The Morgan fingerprint density at radius 3 is 2.85 bits per heavy atom. The van der Waals surface area contributed by atoms with E-state index in [0.29, 0.717) is 0 Å². The van der Waals surface area contributed by atoms with Gasteiger partial charge < -0.3 is 5.32 Å². The summed E-state index contributed by atoms with van der Waals surface area (Å²) in [5.74, 6) is 0. The zero-order chi connectivity index (χ0) is 14.0. The van der Waals surface area contributed by atoms with E-state index >= 15 is 0 Å². The van der Waals surface area contributed by atoms with Gasteiger partial charge in [-0.15, -0.1) is 0 Å². The van der Waals surface area contributed by atoms with Crippen LogP contribution in [0.1, 0.15) is 16.7 Å². The Labute approximate surface area is 118 Å². The summed E-state index contributed by atoms with van der Waals surface area (Å²) in [6.07, 6.45) is 2.89. The van der Waals surface area contributed by atoms with Gasteiger partial charge in [-0.1, -0.05) is 18.2 Å². The molecule has 1 aromatic carbocycles. The molecule has 20 heavy (non-hydrogen) atoms. The molecule has 6 heteroatoms. The highest BCUT2D eigenvalue weighted by Crippen LogP contribution is 2.17. The van der Waals surface area contributed by atoms with Crippen LogP contribution in [0.4, 0.5) is 0 Å². The van der Waals surface area contributed by atoms with Gasteiger partial charge in [0, 0.05) is 32.0 Å². The fourth-order valence-electron chi connectivity index (χ4n) is 2.23. The molecule has 2 heterocycles. The number of benzene rings is 1. The first-order valence-electron chi connectivity index (χ1n) is 6.36. The van der Waals surface area contributed by atoms with Crippen LogP contribution in [-0.4, -0.2) is 13.4 Å². The second kappa shape index (κ2) is 5.32. The highest BCUT2D eigenvalue weighted by Gasteiger charge is 2.14. The predicted octanol–water partition coefficient (Wildman–Crippen LogP) is 1.16. The Morgan fingerprint density at radius 1 is 1.20 bits per heavy atom. The van der Waals surface area contributed by atoms with Crippen molar-refractivity contribution in [3.05, 3.63) is 59.4 Å². The van der Waals surface area contributed by atoms with Crippen molar-refractivity contribution in [1.29, 1.82) is 0 Å². The minimum atomic E-state index is -3.50. The highest BCUT2D eigenvalue weighted by atomic mass is 32.2. The smallest absolute Gasteiger partial charge is 0.242 e. The van der Waals surface area contributed by atoms with Crippen molar-refractivity contribution in [3.63, 3.8) is 0 Å². The number of rotatable bonds is 4. The SMILES string of the molecule is O=S(=O)(NCc1ccc2c(c1)CNC2)c1cccnc1. The molecule has 0 saturated heterocycles. The Kier molecular flexibility index (Phi) is 3.52. The minimum Gasteiger partial charge on any atom is -0.309 e. The van der Waals surface area contributed by atoms with E-state index in [2.05, 4.69) is 15.0 Å². The van der Waals surface area contributed by atoms with E-state index in [4.69, 9.17) is 0 Å². The minimum absolute atomic E-state index is 0.183. The maximum absolute atomic E-state index is 12.1. The van der Waals surface area contributed by atoms with Gasteiger partial charge in [0.2, 0.25) is 10.0 Å². The van der Waals surface area contributed by atoms with Crippen LogP contribution < -0.4 is 10.0 Å². The summed E-state index contributed by atoms with van der Waals surface area (Å²) >= 11 is 0. The fourth-order valence-corrected chi connectivity index (χ4v) is 3.21. The van der Waals surface area contributed by atoms with E-state index in [-0.39, 0.29) is 11.4 Å². The summed E-state index contributed by atoms with van der Waals surface area (Å²) in [5, 5.41) is 3.27. The number of aromatic nitrogens is 1. The number of fused-ring (bicyclic) bond motifs is 1. The van der Waals surface area contributed by atoms with E-state index in [1.54, 1.807) is 12.3 Å². The number of pyridine rings is 1. The van der Waals surface area contributed by atoms with Crippen LogP contribution in [0.15, 0.2) is 47.6 Å². The Balaban J connectivity index is 1.73. The van der Waals surface area contributed by atoms with Crippen molar-refractivity contribution in [2.24, 2.45) is 0 Å². The van der Waals surface area contributed by atoms with Gasteiger partial charge >= 0.3 is 0 Å². The fraction of sp³-hybridized carbons (Fsp3) is 0.214. The molecule has 1 aliphatic rings. The second-order valence-corrected chi connectivity index (χ2v) is 6.49. The molecule has 1 aromatic heterocycles. The van der Waals surface area contributed by atoms with Crippen molar-refractivity contribution in [2.75, 3.05) is 0 Å². The Morgan fingerprint density at radius 2 is 2.05 bits per heavy atom. The lowest BCUT2D eigenvalue weighted by Crippen LogP contribution is -2.23. The third-order valence-electron chi connectivity index (χ3n) is 3.31. The van der Waals surface area contributed by atoms with Crippen LogP contribution in [0.3, 0.4) is 0 Å². The van der Waals surface area contributed by atoms with Crippen molar-refractivity contribution < 1.29 is 8.42 Å². The lowest BCUT2D eigenvalue weighted by Gasteiger charge is -2.07. The van der Waals surface area contributed by atoms with Gasteiger partial charge in [0.25, 0.3) is 0 Å². The number of nitrogens with zero attached hydrogens (tertiary/aromatic N) is 1. The Hall–Kier alpha value is -1.76. The number of hydrogen-bond acceptors (Lipinski definition) is 4. The normalized spacial score (nSPS) is 14.2. The number of sulfonamides is 1. The maximum Gasteiger partial charge on any atom is 0.242 e. The first-order chi connectivity index (χ1) is 9.65.